The van der Waals surface area contributed by atoms with E-state index in [-0.39, 0.29) is 5.91 Å². The Kier molecular flexibility index (Phi) is 2.66. The van der Waals surface area contributed by atoms with Gasteiger partial charge in [0, 0.05) is 18.6 Å². The Morgan fingerprint density at radius 1 is 1.27 bits per heavy atom. The highest BCUT2D eigenvalue weighted by Gasteiger charge is 2.40. The normalized spacial score (nSPS) is 19.7. The van der Waals surface area contributed by atoms with Crippen LogP contribution in [0.4, 0.5) is 0 Å². The van der Waals surface area contributed by atoms with Crippen LogP contribution in [-0.2, 0) is 10.2 Å². The van der Waals surface area contributed by atoms with Gasteiger partial charge < -0.3 is 5.73 Å². The number of primary amides is 1. The molecule has 1 aliphatic carbocycles. The molecule has 1 amide bonds. The maximum absolute atomic E-state index is 11.6. The van der Waals surface area contributed by atoms with E-state index >= 15 is 0 Å². The Morgan fingerprint density at radius 3 is 2.53 bits per heavy atom. The minimum Gasteiger partial charge on any atom is -0.369 e. The maximum Gasteiger partial charge on any atom is 0.229 e. The number of amides is 1. The van der Waals surface area contributed by atoms with Gasteiger partial charge in [-0.1, -0.05) is 19.3 Å². The van der Waals surface area contributed by atoms with Crippen LogP contribution >= 0.6 is 0 Å². The molecule has 0 saturated heterocycles. The van der Waals surface area contributed by atoms with Crippen molar-refractivity contribution in [2.24, 2.45) is 5.73 Å². The van der Waals surface area contributed by atoms with Gasteiger partial charge in [-0.25, -0.2) is 0 Å². The summed E-state index contributed by atoms with van der Waals surface area (Å²) in [5.74, 6) is -0.261. The molecule has 2 rings (SSSR count). The van der Waals surface area contributed by atoms with Crippen molar-refractivity contribution < 1.29 is 4.79 Å². The van der Waals surface area contributed by atoms with Gasteiger partial charge in [-0.3, -0.25) is 14.8 Å². The van der Waals surface area contributed by atoms with Crippen LogP contribution in [0.25, 0.3) is 0 Å². The topological polar surface area (TPSA) is 68.9 Å². The lowest BCUT2D eigenvalue weighted by Crippen LogP contribution is -2.43. The van der Waals surface area contributed by atoms with E-state index in [9.17, 15) is 4.79 Å². The summed E-state index contributed by atoms with van der Waals surface area (Å²) in [5.41, 5.74) is 5.70. The van der Waals surface area contributed by atoms with Crippen molar-refractivity contribution in [2.75, 3.05) is 0 Å². The highest BCUT2D eigenvalue weighted by molar-refractivity contribution is 5.86. The summed E-state index contributed by atoms with van der Waals surface area (Å²) in [5, 5.41) is 0. The van der Waals surface area contributed by atoms with E-state index in [4.69, 9.17) is 5.73 Å². The minimum absolute atomic E-state index is 0.261. The van der Waals surface area contributed by atoms with E-state index in [1.54, 1.807) is 18.6 Å². The number of nitrogens with zero attached hydrogens (tertiary/aromatic N) is 2. The average molecular weight is 205 g/mol. The number of nitrogens with two attached hydrogens (primary N) is 1. The average Bonchev–Trinajstić information content (AvgIpc) is 2.31. The first-order valence-electron chi connectivity index (χ1n) is 5.32. The summed E-state index contributed by atoms with van der Waals surface area (Å²) in [6.07, 6.45) is 9.77. The Hall–Kier alpha value is -1.45. The van der Waals surface area contributed by atoms with Crippen molar-refractivity contribution in [2.45, 2.75) is 37.5 Å². The van der Waals surface area contributed by atoms with Crippen molar-refractivity contribution in [3.63, 3.8) is 0 Å². The number of carbonyl (C=O) groups is 1. The van der Waals surface area contributed by atoms with Gasteiger partial charge in [0.2, 0.25) is 5.91 Å². The molecule has 4 nitrogen and oxygen atoms in total. The predicted molar refractivity (Wildman–Crippen MR) is 56.0 cm³/mol. The summed E-state index contributed by atoms with van der Waals surface area (Å²) in [6, 6.07) is 0. The predicted octanol–water partition coefficient (Wildman–Crippen LogP) is 1.16. The van der Waals surface area contributed by atoms with Crippen LogP contribution < -0.4 is 5.73 Å². The second-order valence-corrected chi connectivity index (χ2v) is 4.10. The third-order valence-electron chi connectivity index (χ3n) is 3.23. The van der Waals surface area contributed by atoms with Crippen LogP contribution in [0.1, 0.15) is 37.8 Å². The molecule has 0 bridgehead atoms. The van der Waals surface area contributed by atoms with Gasteiger partial charge in [-0.2, -0.15) is 0 Å². The molecule has 0 unspecified atom stereocenters. The fourth-order valence-electron chi connectivity index (χ4n) is 2.33. The zero-order chi connectivity index (χ0) is 10.7. The van der Waals surface area contributed by atoms with Crippen molar-refractivity contribution in [3.8, 4) is 0 Å². The van der Waals surface area contributed by atoms with Crippen LogP contribution in [0, 0.1) is 0 Å². The van der Waals surface area contributed by atoms with Gasteiger partial charge in [0.1, 0.15) is 0 Å². The molecular formula is C11H15N3O. The van der Waals surface area contributed by atoms with E-state index in [0.29, 0.717) is 0 Å². The summed E-state index contributed by atoms with van der Waals surface area (Å²) in [6.45, 7) is 0. The maximum atomic E-state index is 11.6. The largest absolute Gasteiger partial charge is 0.369 e. The van der Waals surface area contributed by atoms with Crippen LogP contribution in [0.3, 0.4) is 0 Å². The van der Waals surface area contributed by atoms with Gasteiger partial charge in [-0.15, -0.1) is 0 Å². The molecule has 0 aliphatic heterocycles. The Bertz CT molecular complexity index is 344. The van der Waals surface area contributed by atoms with E-state index in [2.05, 4.69) is 9.97 Å². The second-order valence-electron chi connectivity index (χ2n) is 4.10. The van der Waals surface area contributed by atoms with Crippen LogP contribution in [0.5, 0.6) is 0 Å². The molecule has 1 saturated carbocycles. The van der Waals surface area contributed by atoms with Gasteiger partial charge in [-0.05, 0) is 12.8 Å². The molecule has 15 heavy (non-hydrogen) atoms. The van der Waals surface area contributed by atoms with E-state index in [0.717, 1.165) is 31.4 Å². The number of rotatable bonds is 2. The number of hydrogen-bond acceptors (Lipinski definition) is 3. The molecule has 1 heterocycles. The smallest absolute Gasteiger partial charge is 0.229 e. The zero-order valence-electron chi connectivity index (χ0n) is 8.65. The van der Waals surface area contributed by atoms with E-state index < -0.39 is 5.41 Å². The second kappa shape index (κ2) is 3.96. The Balaban J connectivity index is 2.38. The molecule has 1 aromatic rings. The Labute approximate surface area is 88.9 Å². The molecule has 2 N–H and O–H groups in total. The van der Waals surface area contributed by atoms with Crippen LogP contribution in [-0.4, -0.2) is 15.9 Å². The fraction of sp³-hybridized carbons (Fsp3) is 0.545. The van der Waals surface area contributed by atoms with Gasteiger partial charge in [0.15, 0.2) is 0 Å². The molecule has 1 aromatic heterocycles. The SMILES string of the molecule is NC(=O)C1(c2cnccn2)CCCCC1. The lowest BCUT2D eigenvalue weighted by molar-refractivity contribution is -0.124. The molecule has 1 fully saturated rings. The van der Waals surface area contributed by atoms with Crippen LogP contribution in [0.2, 0.25) is 0 Å². The van der Waals surface area contributed by atoms with Crippen molar-refractivity contribution in [1.82, 2.24) is 9.97 Å². The van der Waals surface area contributed by atoms with Gasteiger partial charge >= 0.3 is 0 Å². The van der Waals surface area contributed by atoms with Gasteiger partial charge in [0.25, 0.3) is 0 Å². The Morgan fingerprint density at radius 2 is 2.00 bits per heavy atom. The third-order valence-corrected chi connectivity index (χ3v) is 3.23. The molecular weight excluding hydrogens is 190 g/mol. The lowest BCUT2D eigenvalue weighted by Gasteiger charge is -2.33. The summed E-state index contributed by atoms with van der Waals surface area (Å²) >= 11 is 0. The molecule has 0 atom stereocenters. The standard InChI is InChI=1S/C11H15N3O/c12-10(15)11(4-2-1-3-5-11)9-8-13-6-7-14-9/h6-8H,1-5H2,(H2,12,15). The molecule has 4 heteroatoms. The monoisotopic (exact) mass is 205 g/mol. The summed E-state index contributed by atoms with van der Waals surface area (Å²) < 4.78 is 0. The third kappa shape index (κ3) is 1.71. The quantitative estimate of drug-likeness (QED) is 0.787. The van der Waals surface area contributed by atoms with Crippen molar-refractivity contribution in [3.05, 3.63) is 24.3 Å². The van der Waals surface area contributed by atoms with Crippen molar-refractivity contribution >= 4 is 5.91 Å². The summed E-state index contributed by atoms with van der Waals surface area (Å²) in [7, 11) is 0. The van der Waals surface area contributed by atoms with E-state index in [1.807, 2.05) is 0 Å². The van der Waals surface area contributed by atoms with Gasteiger partial charge in [0.05, 0.1) is 11.1 Å². The highest BCUT2D eigenvalue weighted by atomic mass is 16.1. The molecule has 0 spiro atoms. The number of carbonyl (C=O) groups excluding carboxylic acids is 1. The van der Waals surface area contributed by atoms with E-state index in [1.165, 1.54) is 6.42 Å². The molecule has 0 radical (unpaired) electrons. The first kappa shape index (κ1) is 10.1. The van der Waals surface area contributed by atoms with Crippen LogP contribution in [0.15, 0.2) is 18.6 Å². The number of hydrogen-bond donors (Lipinski definition) is 1. The highest BCUT2D eigenvalue weighted by Crippen LogP contribution is 2.37. The number of aromatic nitrogens is 2. The first-order chi connectivity index (χ1) is 7.26. The first-order valence-corrected chi connectivity index (χ1v) is 5.32. The lowest BCUT2D eigenvalue weighted by atomic mass is 9.71. The summed E-state index contributed by atoms with van der Waals surface area (Å²) in [4.78, 5) is 19.9. The molecule has 1 aliphatic rings. The van der Waals surface area contributed by atoms with Crippen molar-refractivity contribution in [1.29, 1.82) is 0 Å². The fourth-order valence-corrected chi connectivity index (χ4v) is 2.33. The minimum atomic E-state index is -0.563. The molecule has 80 valence electrons. The zero-order valence-corrected chi connectivity index (χ0v) is 8.65. The molecule has 0 aromatic carbocycles.